The number of piperidine rings is 1. The number of likely N-dealkylation sites (tertiary alicyclic amines) is 1. The Hall–Kier alpha value is -1.30. The fourth-order valence-electron chi connectivity index (χ4n) is 2.88. The number of carbonyl (C=O) groups excluding carboxylic acids is 1. The highest BCUT2D eigenvalue weighted by atomic mass is 35.5. The van der Waals surface area contributed by atoms with E-state index >= 15 is 0 Å². The lowest BCUT2D eigenvalue weighted by atomic mass is 9.92. The third-order valence-electron chi connectivity index (χ3n) is 4.10. The Labute approximate surface area is 138 Å². The lowest BCUT2D eigenvalue weighted by Gasteiger charge is -2.37. The molecule has 5 nitrogen and oxygen atoms in total. The molecule has 0 aromatic heterocycles. The molecule has 1 aromatic carbocycles. The van der Waals surface area contributed by atoms with Gasteiger partial charge in [-0.25, -0.2) is 0 Å². The second-order valence-electron chi connectivity index (χ2n) is 5.74. The van der Waals surface area contributed by atoms with Crippen molar-refractivity contribution in [1.29, 1.82) is 0 Å². The number of nitrogens with one attached hydrogen (secondary N) is 1. The summed E-state index contributed by atoms with van der Waals surface area (Å²) in [6.45, 7) is 4.16. The number of nitrogens with zero attached hydrogens (tertiary/aromatic N) is 1. The molecule has 0 aliphatic carbocycles. The predicted octanol–water partition coefficient (Wildman–Crippen LogP) is 2.11. The van der Waals surface area contributed by atoms with Gasteiger partial charge >= 0.3 is 0 Å². The normalized spacial score (nSPS) is 21.8. The van der Waals surface area contributed by atoms with E-state index in [0.29, 0.717) is 36.5 Å². The topological polar surface area (TPSA) is 67.6 Å². The van der Waals surface area contributed by atoms with Gasteiger partial charge in [0.25, 0.3) is 0 Å². The van der Waals surface area contributed by atoms with Gasteiger partial charge in [-0.3, -0.25) is 9.69 Å². The van der Waals surface area contributed by atoms with Crippen LogP contribution in [0.2, 0.25) is 0 Å². The van der Waals surface area contributed by atoms with Gasteiger partial charge in [0, 0.05) is 12.6 Å². The molecule has 3 N–H and O–H groups in total. The zero-order valence-electron chi connectivity index (χ0n) is 13.2. The summed E-state index contributed by atoms with van der Waals surface area (Å²) in [5.41, 5.74) is 6.54. The number of rotatable bonds is 5. The quantitative estimate of drug-likeness (QED) is 0.869. The Morgan fingerprint density at radius 3 is 2.86 bits per heavy atom. The van der Waals surface area contributed by atoms with E-state index in [-0.39, 0.29) is 18.3 Å². The molecule has 1 amide bonds. The SMILES string of the molecule is COc1ccccc1NC(=O)CN1CCC(C)CC1CN.Cl. The van der Waals surface area contributed by atoms with Crippen molar-refractivity contribution in [3.05, 3.63) is 24.3 Å². The molecule has 2 atom stereocenters. The molecule has 6 heteroatoms. The first kappa shape index (κ1) is 18.7. The summed E-state index contributed by atoms with van der Waals surface area (Å²) in [6.07, 6.45) is 2.19. The van der Waals surface area contributed by atoms with Crippen LogP contribution in [-0.4, -0.2) is 43.6 Å². The van der Waals surface area contributed by atoms with Gasteiger partial charge in [-0.2, -0.15) is 0 Å². The summed E-state index contributed by atoms with van der Waals surface area (Å²) in [5, 5.41) is 2.92. The van der Waals surface area contributed by atoms with Crippen molar-refractivity contribution in [3.63, 3.8) is 0 Å². The Morgan fingerprint density at radius 2 is 2.18 bits per heavy atom. The van der Waals surface area contributed by atoms with Gasteiger partial charge in [0.1, 0.15) is 5.75 Å². The molecule has 0 radical (unpaired) electrons. The summed E-state index contributed by atoms with van der Waals surface area (Å²) >= 11 is 0. The molecule has 22 heavy (non-hydrogen) atoms. The van der Waals surface area contributed by atoms with Crippen molar-refractivity contribution < 1.29 is 9.53 Å². The molecule has 0 saturated carbocycles. The number of benzene rings is 1. The zero-order valence-corrected chi connectivity index (χ0v) is 14.1. The molecule has 2 unspecified atom stereocenters. The van der Waals surface area contributed by atoms with Crippen LogP contribution in [0.5, 0.6) is 5.75 Å². The summed E-state index contributed by atoms with van der Waals surface area (Å²) in [4.78, 5) is 14.4. The minimum absolute atomic E-state index is 0. The average molecular weight is 328 g/mol. The molecule has 124 valence electrons. The van der Waals surface area contributed by atoms with Gasteiger partial charge < -0.3 is 15.8 Å². The van der Waals surface area contributed by atoms with E-state index in [1.54, 1.807) is 7.11 Å². The molecule has 1 fully saturated rings. The fourth-order valence-corrected chi connectivity index (χ4v) is 2.88. The largest absolute Gasteiger partial charge is 0.495 e. The van der Waals surface area contributed by atoms with Gasteiger partial charge in [-0.05, 0) is 37.4 Å². The maximum atomic E-state index is 12.2. The maximum absolute atomic E-state index is 12.2. The standard InChI is InChI=1S/C16H25N3O2.ClH/c1-12-7-8-19(13(9-12)10-17)11-16(20)18-14-5-3-4-6-15(14)21-2;/h3-6,12-13H,7-11,17H2,1-2H3,(H,18,20);1H. The Balaban J connectivity index is 0.00000242. The number of para-hydroxylation sites is 2. The van der Waals surface area contributed by atoms with Crippen LogP contribution >= 0.6 is 12.4 Å². The number of hydrogen-bond donors (Lipinski definition) is 2. The molecule has 0 spiro atoms. The highest BCUT2D eigenvalue weighted by Crippen LogP contribution is 2.24. The van der Waals surface area contributed by atoms with E-state index in [2.05, 4.69) is 17.1 Å². The van der Waals surface area contributed by atoms with Crippen LogP contribution in [0.15, 0.2) is 24.3 Å². The van der Waals surface area contributed by atoms with Crippen LogP contribution in [0.25, 0.3) is 0 Å². The van der Waals surface area contributed by atoms with Gasteiger partial charge in [0.05, 0.1) is 19.3 Å². The Kier molecular flexibility index (Phi) is 7.65. The van der Waals surface area contributed by atoms with E-state index in [1.165, 1.54) is 0 Å². The van der Waals surface area contributed by atoms with E-state index < -0.39 is 0 Å². The molecule has 1 saturated heterocycles. The van der Waals surface area contributed by atoms with Crippen molar-refractivity contribution in [2.24, 2.45) is 11.7 Å². The van der Waals surface area contributed by atoms with Gasteiger partial charge in [0.2, 0.25) is 5.91 Å². The van der Waals surface area contributed by atoms with Crippen molar-refractivity contribution in [2.75, 3.05) is 32.1 Å². The number of halogens is 1. The molecule has 1 aliphatic heterocycles. The molecule has 1 aliphatic rings. The van der Waals surface area contributed by atoms with Crippen molar-refractivity contribution >= 4 is 24.0 Å². The molecular weight excluding hydrogens is 302 g/mol. The van der Waals surface area contributed by atoms with E-state index in [9.17, 15) is 4.79 Å². The zero-order chi connectivity index (χ0) is 15.2. The number of ether oxygens (including phenoxy) is 1. The first-order valence-corrected chi connectivity index (χ1v) is 7.51. The van der Waals surface area contributed by atoms with E-state index in [4.69, 9.17) is 10.5 Å². The third kappa shape index (κ3) is 4.87. The van der Waals surface area contributed by atoms with Crippen LogP contribution in [0, 0.1) is 5.92 Å². The minimum atomic E-state index is -0.0208. The van der Waals surface area contributed by atoms with Crippen molar-refractivity contribution in [1.82, 2.24) is 4.90 Å². The summed E-state index contributed by atoms with van der Waals surface area (Å²) in [6, 6.07) is 7.74. The van der Waals surface area contributed by atoms with Crippen LogP contribution in [0.3, 0.4) is 0 Å². The number of hydrogen-bond acceptors (Lipinski definition) is 4. The van der Waals surface area contributed by atoms with Crippen molar-refractivity contribution in [2.45, 2.75) is 25.8 Å². The summed E-state index contributed by atoms with van der Waals surface area (Å²) < 4.78 is 5.24. The highest BCUT2D eigenvalue weighted by Gasteiger charge is 2.26. The van der Waals surface area contributed by atoms with E-state index in [1.807, 2.05) is 24.3 Å². The molecule has 1 aromatic rings. The smallest absolute Gasteiger partial charge is 0.238 e. The number of amides is 1. The van der Waals surface area contributed by atoms with Crippen LogP contribution in [0.1, 0.15) is 19.8 Å². The monoisotopic (exact) mass is 327 g/mol. The van der Waals surface area contributed by atoms with Gasteiger partial charge in [-0.15, -0.1) is 12.4 Å². The molecule has 0 bridgehead atoms. The maximum Gasteiger partial charge on any atom is 0.238 e. The summed E-state index contributed by atoms with van der Waals surface area (Å²) in [7, 11) is 1.60. The van der Waals surface area contributed by atoms with E-state index in [0.717, 1.165) is 19.4 Å². The fraction of sp³-hybridized carbons (Fsp3) is 0.562. The second-order valence-corrected chi connectivity index (χ2v) is 5.74. The highest BCUT2D eigenvalue weighted by molar-refractivity contribution is 5.93. The number of methoxy groups -OCH3 is 1. The third-order valence-corrected chi connectivity index (χ3v) is 4.10. The van der Waals surface area contributed by atoms with Crippen LogP contribution < -0.4 is 15.8 Å². The Bertz CT molecular complexity index is 484. The lowest BCUT2D eigenvalue weighted by Crippen LogP contribution is -2.49. The molecular formula is C16H26ClN3O2. The molecule has 2 rings (SSSR count). The number of carbonyl (C=O) groups is 1. The van der Waals surface area contributed by atoms with Crippen LogP contribution in [0.4, 0.5) is 5.69 Å². The Morgan fingerprint density at radius 1 is 1.45 bits per heavy atom. The second kappa shape index (κ2) is 8.98. The molecule has 1 heterocycles. The average Bonchev–Trinajstić information content (AvgIpc) is 2.49. The van der Waals surface area contributed by atoms with Gasteiger partial charge in [0.15, 0.2) is 0 Å². The van der Waals surface area contributed by atoms with Gasteiger partial charge in [-0.1, -0.05) is 19.1 Å². The minimum Gasteiger partial charge on any atom is -0.495 e. The van der Waals surface area contributed by atoms with Crippen molar-refractivity contribution in [3.8, 4) is 5.75 Å². The first-order chi connectivity index (χ1) is 10.1. The number of anilines is 1. The van der Waals surface area contributed by atoms with Crippen LogP contribution in [-0.2, 0) is 4.79 Å². The number of nitrogens with two attached hydrogens (primary N) is 1. The lowest BCUT2D eigenvalue weighted by molar-refractivity contribution is -0.118. The first-order valence-electron chi connectivity index (χ1n) is 7.51. The summed E-state index contributed by atoms with van der Waals surface area (Å²) in [5.74, 6) is 1.34. The predicted molar refractivity (Wildman–Crippen MR) is 91.7 cm³/mol.